The van der Waals surface area contributed by atoms with E-state index in [4.69, 9.17) is 0 Å². The average Bonchev–Trinajstić information content (AvgIpc) is 2.32. The van der Waals surface area contributed by atoms with Gasteiger partial charge in [0.05, 0.1) is 0 Å². The quantitative estimate of drug-likeness (QED) is 0.391. The molecular formula is C16H28. The predicted molar refractivity (Wildman–Crippen MR) is 75.6 cm³/mol. The van der Waals surface area contributed by atoms with Crippen molar-refractivity contribution in [3.63, 3.8) is 0 Å². The van der Waals surface area contributed by atoms with Gasteiger partial charge in [0.2, 0.25) is 0 Å². The van der Waals surface area contributed by atoms with Crippen molar-refractivity contribution in [1.82, 2.24) is 0 Å². The molecule has 0 rings (SSSR count). The highest BCUT2D eigenvalue weighted by molar-refractivity contribution is 5.22. The smallest absolute Gasteiger partial charge is 0.0105 e. The van der Waals surface area contributed by atoms with E-state index in [9.17, 15) is 0 Å². The zero-order chi connectivity index (χ0) is 12.4. The maximum Gasteiger partial charge on any atom is -0.0105 e. The Labute approximate surface area is 102 Å². The van der Waals surface area contributed by atoms with Crippen LogP contribution in [-0.2, 0) is 0 Å². The summed E-state index contributed by atoms with van der Waals surface area (Å²) in [6.07, 6.45) is 15.0. The van der Waals surface area contributed by atoms with Gasteiger partial charge in [0.15, 0.2) is 0 Å². The average molecular weight is 220 g/mol. The van der Waals surface area contributed by atoms with E-state index in [2.05, 4.69) is 65.0 Å². The van der Waals surface area contributed by atoms with Crippen LogP contribution in [0.1, 0.15) is 53.9 Å². The van der Waals surface area contributed by atoms with Gasteiger partial charge in [0.25, 0.3) is 0 Å². The van der Waals surface area contributed by atoms with Gasteiger partial charge in [0.1, 0.15) is 0 Å². The molecule has 0 amide bonds. The Morgan fingerprint density at radius 1 is 1.06 bits per heavy atom. The fourth-order valence-corrected chi connectivity index (χ4v) is 2.28. The first-order chi connectivity index (χ1) is 7.74. The Balaban J connectivity index is 4.85. The Bertz CT molecular complexity index is 243. The summed E-state index contributed by atoms with van der Waals surface area (Å²) in [4.78, 5) is 0. The molecule has 0 radical (unpaired) electrons. The van der Waals surface area contributed by atoms with E-state index in [0.717, 1.165) is 6.42 Å². The lowest BCUT2D eigenvalue weighted by Gasteiger charge is -2.24. The first-order valence-electron chi connectivity index (χ1n) is 6.70. The van der Waals surface area contributed by atoms with Crippen LogP contribution in [0.4, 0.5) is 0 Å². The summed E-state index contributed by atoms with van der Waals surface area (Å²) in [5.74, 6) is 1.36. The fourth-order valence-electron chi connectivity index (χ4n) is 2.28. The highest BCUT2D eigenvalue weighted by Gasteiger charge is 2.17. The summed E-state index contributed by atoms with van der Waals surface area (Å²) >= 11 is 0. The highest BCUT2D eigenvalue weighted by Crippen LogP contribution is 2.29. The van der Waals surface area contributed by atoms with Gasteiger partial charge in [-0.05, 0) is 50.5 Å². The van der Waals surface area contributed by atoms with E-state index in [-0.39, 0.29) is 0 Å². The van der Waals surface area contributed by atoms with Gasteiger partial charge in [-0.15, -0.1) is 0 Å². The summed E-state index contributed by atoms with van der Waals surface area (Å²) in [6, 6.07) is 0. The Morgan fingerprint density at radius 2 is 1.75 bits per heavy atom. The van der Waals surface area contributed by atoms with Crippen LogP contribution in [-0.4, -0.2) is 0 Å². The Hall–Kier alpha value is -0.780. The molecule has 0 nitrogen and oxygen atoms in total. The molecule has 16 heavy (non-hydrogen) atoms. The molecule has 0 saturated carbocycles. The third-order valence-electron chi connectivity index (χ3n) is 3.17. The predicted octanol–water partition coefficient (Wildman–Crippen LogP) is 5.53. The van der Waals surface area contributed by atoms with Gasteiger partial charge in [-0.1, -0.05) is 51.2 Å². The summed E-state index contributed by atoms with van der Waals surface area (Å²) in [6.45, 7) is 11.0. The molecule has 92 valence electrons. The zero-order valence-electron chi connectivity index (χ0n) is 11.7. The molecule has 0 fully saturated rings. The lowest BCUT2D eigenvalue weighted by atomic mass is 9.81. The fraction of sp³-hybridized carbons (Fsp3) is 0.625. The molecule has 0 bridgehead atoms. The molecule has 2 atom stereocenters. The van der Waals surface area contributed by atoms with Crippen LogP contribution >= 0.6 is 0 Å². The third-order valence-corrected chi connectivity index (χ3v) is 3.17. The van der Waals surface area contributed by atoms with E-state index in [1.165, 1.54) is 18.4 Å². The van der Waals surface area contributed by atoms with E-state index in [1.807, 2.05) is 0 Å². The summed E-state index contributed by atoms with van der Waals surface area (Å²) in [7, 11) is 0. The topological polar surface area (TPSA) is 0 Å². The van der Waals surface area contributed by atoms with Crippen LogP contribution < -0.4 is 0 Å². The van der Waals surface area contributed by atoms with Crippen LogP contribution in [0.5, 0.6) is 0 Å². The maximum absolute atomic E-state index is 2.40. The van der Waals surface area contributed by atoms with E-state index >= 15 is 0 Å². The molecule has 0 aliphatic rings. The SMILES string of the molecule is C/C=C\C(=C/C)C(CC)C(/C=C\CC)CC. The van der Waals surface area contributed by atoms with Crippen molar-refractivity contribution >= 4 is 0 Å². The first-order valence-corrected chi connectivity index (χ1v) is 6.70. The molecule has 0 aromatic rings. The standard InChI is InChI=1S/C16H28/c1-6-11-13-15(9-4)16(10-5)14(8-3)12-7-2/h7-8,11-13,15-16H,6,9-10H2,1-5H3/b12-7-,13-11-,14-8+. The van der Waals surface area contributed by atoms with Crippen LogP contribution in [0, 0.1) is 11.8 Å². The van der Waals surface area contributed by atoms with Crippen LogP contribution in [0.2, 0.25) is 0 Å². The molecule has 0 saturated heterocycles. The van der Waals surface area contributed by atoms with Crippen molar-refractivity contribution in [2.75, 3.05) is 0 Å². The van der Waals surface area contributed by atoms with Crippen LogP contribution in [0.25, 0.3) is 0 Å². The second-order valence-corrected chi connectivity index (χ2v) is 4.21. The van der Waals surface area contributed by atoms with Crippen LogP contribution in [0.15, 0.2) is 36.0 Å². The minimum absolute atomic E-state index is 0.675. The minimum atomic E-state index is 0.675. The van der Waals surface area contributed by atoms with Gasteiger partial charge in [0, 0.05) is 0 Å². The van der Waals surface area contributed by atoms with Gasteiger partial charge >= 0.3 is 0 Å². The number of hydrogen-bond acceptors (Lipinski definition) is 0. The molecule has 0 spiro atoms. The minimum Gasteiger partial charge on any atom is -0.0885 e. The second kappa shape index (κ2) is 9.45. The molecule has 0 N–H and O–H groups in total. The Morgan fingerprint density at radius 3 is 2.12 bits per heavy atom. The zero-order valence-corrected chi connectivity index (χ0v) is 11.7. The molecule has 0 aromatic heterocycles. The largest absolute Gasteiger partial charge is 0.0885 e. The van der Waals surface area contributed by atoms with Gasteiger partial charge in [-0.2, -0.15) is 0 Å². The Kier molecular flexibility index (Phi) is 8.99. The normalized spacial score (nSPS) is 17.2. The van der Waals surface area contributed by atoms with Gasteiger partial charge in [-0.3, -0.25) is 0 Å². The van der Waals surface area contributed by atoms with E-state index < -0.39 is 0 Å². The number of hydrogen-bond donors (Lipinski definition) is 0. The van der Waals surface area contributed by atoms with Gasteiger partial charge < -0.3 is 0 Å². The molecule has 0 aromatic carbocycles. The molecule has 0 aliphatic carbocycles. The van der Waals surface area contributed by atoms with Crippen molar-refractivity contribution in [3.8, 4) is 0 Å². The van der Waals surface area contributed by atoms with Crippen molar-refractivity contribution in [2.24, 2.45) is 11.8 Å². The summed E-state index contributed by atoms with van der Waals surface area (Å²) in [5, 5.41) is 0. The lowest BCUT2D eigenvalue weighted by molar-refractivity contribution is 0.434. The highest BCUT2D eigenvalue weighted by atomic mass is 14.2. The van der Waals surface area contributed by atoms with Crippen molar-refractivity contribution in [1.29, 1.82) is 0 Å². The van der Waals surface area contributed by atoms with Crippen LogP contribution in [0.3, 0.4) is 0 Å². The molecule has 0 heterocycles. The van der Waals surface area contributed by atoms with Crippen molar-refractivity contribution in [3.05, 3.63) is 36.0 Å². The third kappa shape index (κ3) is 4.83. The van der Waals surface area contributed by atoms with E-state index in [0.29, 0.717) is 11.8 Å². The summed E-state index contributed by atoms with van der Waals surface area (Å²) in [5.41, 5.74) is 1.48. The molecular weight excluding hydrogens is 192 g/mol. The molecule has 0 aliphatic heterocycles. The monoisotopic (exact) mass is 220 g/mol. The molecule has 0 heteroatoms. The lowest BCUT2D eigenvalue weighted by Crippen LogP contribution is -2.13. The van der Waals surface area contributed by atoms with Crippen molar-refractivity contribution < 1.29 is 0 Å². The summed E-state index contributed by atoms with van der Waals surface area (Å²) < 4.78 is 0. The number of allylic oxidation sites excluding steroid dienone is 6. The van der Waals surface area contributed by atoms with Gasteiger partial charge in [-0.25, -0.2) is 0 Å². The first kappa shape index (κ1) is 15.2. The maximum atomic E-state index is 2.40. The number of rotatable bonds is 7. The van der Waals surface area contributed by atoms with Crippen molar-refractivity contribution in [2.45, 2.75) is 53.9 Å². The molecule has 2 unspecified atom stereocenters. The second-order valence-electron chi connectivity index (χ2n) is 4.21. The van der Waals surface area contributed by atoms with E-state index in [1.54, 1.807) is 0 Å².